The van der Waals surface area contributed by atoms with Crippen LogP contribution in [0.15, 0.2) is 18.2 Å². The summed E-state index contributed by atoms with van der Waals surface area (Å²) in [4.78, 5) is 0. The van der Waals surface area contributed by atoms with Gasteiger partial charge < -0.3 is 10.1 Å². The van der Waals surface area contributed by atoms with Gasteiger partial charge >= 0.3 is 0 Å². The molecule has 2 nitrogen and oxygen atoms in total. The number of hydrogen-bond acceptors (Lipinski definition) is 2. The molecule has 0 bridgehead atoms. The second-order valence-corrected chi connectivity index (χ2v) is 6.38. The summed E-state index contributed by atoms with van der Waals surface area (Å²) in [7, 11) is 0. The van der Waals surface area contributed by atoms with Gasteiger partial charge in [-0.05, 0) is 35.9 Å². The molecule has 120 valence electrons. The number of rotatable bonds is 10. The second kappa shape index (κ2) is 9.83. The first-order chi connectivity index (χ1) is 10.1. The lowest BCUT2D eigenvalue weighted by molar-refractivity contribution is 0.305. The van der Waals surface area contributed by atoms with E-state index < -0.39 is 0 Å². The van der Waals surface area contributed by atoms with Crippen molar-refractivity contribution >= 4 is 0 Å². The Balaban J connectivity index is 2.56. The van der Waals surface area contributed by atoms with Crippen LogP contribution in [0.3, 0.4) is 0 Å². The topological polar surface area (TPSA) is 21.3 Å². The molecule has 0 aromatic heterocycles. The average Bonchev–Trinajstić information content (AvgIpc) is 2.45. The zero-order valence-electron chi connectivity index (χ0n) is 14.5. The van der Waals surface area contributed by atoms with Crippen LogP contribution in [0.25, 0.3) is 0 Å². The van der Waals surface area contributed by atoms with Crippen LogP contribution in [-0.4, -0.2) is 19.7 Å². The van der Waals surface area contributed by atoms with Gasteiger partial charge in [0.1, 0.15) is 12.4 Å². The van der Waals surface area contributed by atoms with Crippen LogP contribution in [0.2, 0.25) is 0 Å². The molecule has 0 spiro atoms. The van der Waals surface area contributed by atoms with Crippen molar-refractivity contribution in [3.8, 4) is 5.75 Å². The van der Waals surface area contributed by atoms with Gasteiger partial charge in [-0.25, -0.2) is 0 Å². The molecule has 0 aliphatic carbocycles. The third-order valence-corrected chi connectivity index (χ3v) is 3.80. The van der Waals surface area contributed by atoms with Crippen LogP contribution in [0.5, 0.6) is 5.75 Å². The third-order valence-electron chi connectivity index (χ3n) is 3.80. The Labute approximate surface area is 131 Å². The standard InChI is InChI=1S/C19H33NO/c1-6-7-8-12-20-13-14-21-19-17(15(2)3)10-9-11-18(19)16(4)5/h9-11,15-16,20H,6-8,12-14H2,1-5H3. The van der Waals surface area contributed by atoms with E-state index in [0.29, 0.717) is 11.8 Å². The third kappa shape index (κ3) is 6.09. The maximum atomic E-state index is 6.13. The summed E-state index contributed by atoms with van der Waals surface area (Å²) < 4.78 is 6.13. The highest BCUT2D eigenvalue weighted by molar-refractivity contribution is 5.44. The lowest BCUT2D eigenvalue weighted by atomic mass is 9.94. The fourth-order valence-corrected chi connectivity index (χ4v) is 2.50. The van der Waals surface area contributed by atoms with Crippen LogP contribution in [0.1, 0.15) is 76.8 Å². The quantitative estimate of drug-likeness (QED) is 0.606. The minimum atomic E-state index is 0.496. The van der Waals surface area contributed by atoms with E-state index in [0.717, 1.165) is 25.4 Å². The fourth-order valence-electron chi connectivity index (χ4n) is 2.50. The summed E-state index contributed by atoms with van der Waals surface area (Å²) in [5.41, 5.74) is 2.65. The molecule has 1 aromatic carbocycles. The van der Waals surface area contributed by atoms with Gasteiger partial charge in [-0.2, -0.15) is 0 Å². The lowest BCUT2D eigenvalue weighted by Gasteiger charge is -2.20. The molecule has 0 radical (unpaired) electrons. The van der Waals surface area contributed by atoms with Crippen molar-refractivity contribution in [1.82, 2.24) is 5.32 Å². The summed E-state index contributed by atoms with van der Waals surface area (Å²) in [5, 5.41) is 3.46. The van der Waals surface area contributed by atoms with E-state index >= 15 is 0 Å². The first-order valence-electron chi connectivity index (χ1n) is 8.54. The Morgan fingerprint density at radius 3 is 2.10 bits per heavy atom. The molecular formula is C19H33NO. The van der Waals surface area contributed by atoms with Crippen molar-refractivity contribution in [2.24, 2.45) is 0 Å². The number of nitrogens with one attached hydrogen (secondary N) is 1. The normalized spacial score (nSPS) is 11.4. The van der Waals surface area contributed by atoms with E-state index in [-0.39, 0.29) is 0 Å². The van der Waals surface area contributed by atoms with Gasteiger partial charge in [0.25, 0.3) is 0 Å². The number of hydrogen-bond donors (Lipinski definition) is 1. The second-order valence-electron chi connectivity index (χ2n) is 6.38. The predicted molar refractivity (Wildman–Crippen MR) is 92.5 cm³/mol. The van der Waals surface area contributed by atoms with Gasteiger partial charge in [0.05, 0.1) is 0 Å². The molecule has 0 unspecified atom stereocenters. The molecule has 0 aliphatic heterocycles. The molecule has 21 heavy (non-hydrogen) atoms. The van der Waals surface area contributed by atoms with Crippen molar-refractivity contribution in [1.29, 1.82) is 0 Å². The Hall–Kier alpha value is -1.02. The highest BCUT2D eigenvalue weighted by atomic mass is 16.5. The molecule has 0 saturated carbocycles. The van der Waals surface area contributed by atoms with Crippen LogP contribution in [-0.2, 0) is 0 Å². The van der Waals surface area contributed by atoms with Gasteiger partial charge in [0.15, 0.2) is 0 Å². The maximum absolute atomic E-state index is 6.13. The molecule has 1 N–H and O–H groups in total. The SMILES string of the molecule is CCCCCNCCOc1c(C(C)C)cccc1C(C)C. The minimum Gasteiger partial charge on any atom is -0.492 e. The summed E-state index contributed by atoms with van der Waals surface area (Å²) in [5.74, 6) is 2.10. The van der Waals surface area contributed by atoms with E-state index in [1.807, 2.05) is 0 Å². The molecule has 0 fully saturated rings. The van der Waals surface area contributed by atoms with E-state index in [4.69, 9.17) is 4.74 Å². The van der Waals surface area contributed by atoms with E-state index in [2.05, 4.69) is 58.1 Å². The molecule has 0 heterocycles. The number of unbranched alkanes of at least 4 members (excludes halogenated alkanes) is 2. The molecule has 0 amide bonds. The summed E-state index contributed by atoms with van der Waals surface area (Å²) >= 11 is 0. The predicted octanol–water partition coefficient (Wildman–Crippen LogP) is 5.09. The van der Waals surface area contributed by atoms with Crippen LogP contribution in [0, 0.1) is 0 Å². The van der Waals surface area contributed by atoms with Crippen molar-refractivity contribution in [2.45, 2.75) is 65.7 Å². The number of ether oxygens (including phenoxy) is 1. The number of benzene rings is 1. The molecule has 2 heteroatoms. The van der Waals surface area contributed by atoms with Crippen molar-refractivity contribution in [3.63, 3.8) is 0 Å². The highest BCUT2D eigenvalue weighted by Gasteiger charge is 2.14. The summed E-state index contributed by atoms with van der Waals surface area (Å²) in [6, 6.07) is 6.54. The molecule has 0 aliphatic rings. The Kier molecular flexibility index (Phi) is 8.44. The van der Waals surface area contributed by atoms with Gasteiger partial charge in [-0.15, -0.1) is 0 Å². The minimum absolute atomic E-state index is 0.496. The van der Waals surface area contributed by atoms with Crippen molar-refractivity contribution < 1.29 is 4.74 Å². The van der Waals surface area contributed by atoms with Crippen molar-refractivity contribution in [3.05, 3.63) is 29.3 Å². The van der Waals surface area contributed by atoms with Gasteiger partial charge in [0, 0.05) is 6.54 Å². The lowest BCUT2D eigenvalue weighted by Crippen LogP contribution is -2.22. The zero-order valence-corrected chi connectivity index (χ0v) is 14.5. The van der Waals surface area contributed by atoms with Gasteiger partial charge in [-0.3, -0.25) is 0 Å². The van der Waals surface area contributed by atoms with Gasteiger partial charge in [0.2, 0.25) is 0 Å². The Morgan fingerprint density at radius 2 is 1.57 bits per heavy atom. The van der Waals surface area contributed by atoms with Crippen LogP contribution >= 0.6 is 0 Å². The largest absolute Gasteiger partial charge is 0.492 e. The smallest absolute Gasteiger partial charge is 0.126 e. The van der Waals surface area contributed by atoms with E-state index in [9.17, 15) is 0 Å². The first-order valence-corrected chi connectivity index (χ1v) is 8.54. The Bertz CT molecular complexity index is 372. The van der Waals surface area contributed by atoms with Gasteiger partial charge in [-0.1, -0.05) is 65.7 Å². The average molecular weight is 291 g/mol. The molecule has 1 rings (SSSR count). The Morgan fingerprint density at radius 1 is 0.952 bits per heavy atom. The van der Waals surface area contributed by atoms with Crippen LogP contribution < -0.4 is 10.1 Å². The van der Waals surface area contributed by atoms with E-state index in [1.54, 1.807) is 0 Å². The first kappa shape index (κ1) is 18.0. The summed E-state index contributed by atoms with van der Waals surface area (Å²) in [6.45, 7) is 13.9. The zero-order chi connectivity index (χ0) is 15.7. The molecule has 1 aromatic rings. The monoisotopic (exact) mass is 291 g/mol. The van der Waals surface area contributed by atoms with Crippen molar-refractivity contribution in [2.75, 3.05) is 19.7 Å². The highest BCUT2D eigenvalue weighted by Crippen LogP contribution is 2.34. The fraction of sp³-hybridized carbons (Fsp3) is 0.684. The maximum Gasteiger partial charge on any atom is 0.126 e. The van der Waals surface area contributed by atoms with E-state index in [1.165, 1.54) is 30.4 Å². The molecule has 0 atom stereocenters. The van der Waals surface area contributed by atoms with Crippen LogP contribution in [0.4, 0.5) is 0 Å². The number of para-hydroxylation sites is 1. The molecule has 0 saturated heterocycles. The summed E-state index contributed by atoms with van der Waals surface area (Å²) in [6.07, 6.45) is 3.84. The molecular weight excluding hydrogens is 258 g/mol.